The normalized spacial score (nSPS) is 14.5. The van der Waals surface area contributed by atoms with Crippen molar-refractivity contribution in [3.05, 3.63) is 12.2 Å². The lowest BCUT2D eigenvalue weighted by molar-refractivity contribution is -0.150. The summed E-state index contributed by atoms with van der Waals surface area (Å²) in [6.45, 7) is 10.4. The molecule has 2 atom stereocenters. The molecule has 0 aliphatic rings. The van der Waals surface area contributed by atoms with Gasteiger partial charge in [-0.15, -0.1) is 0 Å². The summed E-state index contributed by atoms with van der Waals surface area (Å²) in [5.74, 6) is -1.14. The fraction of sp³-hybridized carbons (Fsp3) is 0.762. The Morgan fingerprint density at radius 1 is 1.14 bits per heavy atom. The number of carbonyl (C=O) groups is 3. The molecule has 0 saturated carbocycles. The van der Waals surface area contributed by atoms with Gasteiger partial charge in [-0.25, -0.2) is 0 Å². The van der Waals surface area contributed by atoms with Crippen LogP contribution in [0.2, 0.25) is 0 Å². The van der Waals surface area contributed by atoms with E-state index in [1.54, 1.807) is 34.0 Å². The number of ketones is 1. The van der Waals surface area contributed by atoms with Crippen LogP contribution < -0.4 is 5.32 Å². The Hall–Kier alpha value is -1.77. The Morgan fingerprint density at radius 3 is 2.28 bits per heavy atom. The molecule has 8 nitrogen and oxygen atoms in total. The summed E-state index contributed by atoms with van der Waals surface area (Å²) in [6, 6.07) is -0.757. The molecule has 0 fully saturated rings. The van der Waals surface area contributed by atoms with Crippen LogP contribution in [-0.2, 0) is 28.6 Å². The van der Waals surface area contributed by atoms with Gasteiger partial charge >= 0.3 is 5.97 Å². The highest BCUT2D eigenvalue weighted by Gasteiger charge is 2.30. The third kappa shape index (κ3) is 11.7. The van der Waals surface area contributed by atoms with Gasteiger partial charge in [0.2, 0.25) is 5.91 Å². The van der Waals surface area contributed by atoms with Crippen LogP contribution in [0.5, 0.6) is 0 Å². The largest absolute Gasteiger partial charge is 0.463 e. The third-order valence-electron chi connectivity index (χ3n) is 4.56. The van der Waals surface area contributed by atoms with Crippen molar-refractivity contribution in [1.29, 1.82) is 0 Å². The zero-order valence-corrected chi connectivity index (χ0v) is 18.7. The topological polar surface area (TPSA) is 111 Å². The molecule has 0 aliphatic carbocycles. The molecule has 29 heavy (non-hydrogen) atoms. The molecule has 0 saturated heterocycles. The summed E-state index contributed by atoms with van der Waals surface area (Å²) in [5.41, 5.74) is -1.37. The lowest BCUT2D eigenvalue weighted by Crippen LogP contribution is -2.45. The number of rotatable bonds is 14. The van der Waals surface area contributed by atoms with Gasteiger partial charge in [-0.05, 0) is 41.0 Å². The smallest absolute Gasteiger partial charge is 0.306 e. The highest BCUT2D eigenvalue weighted by atomic mass is 16.5. The Labute approximate surface area is 174 Å². The first kappa shape index (κ1) is 27.2. The number of esters is 1. The number of carbonyl (C=O) groups excluding carboxylic acids is 3. The van der Waals surface area contributed by atoms with Crippen molar-refractivity contribution in [3.8, 4) is 0 Å². The zero-order chi connectivity index (χ0) is 22.7. The number of hydrogen-bond acceptors (Lipinski definition) is 7. The first-order chi connectivity index (χ1) is 13.3. The second-order valence-corrected chi connectivity index (χ2v) is 8.00. The van der Waals surface area contributed by atoms with Gasteiger partial charge in [0.05, 0.1) is 30.8 Å². The lowest BCUT2D eigenvalue weighted by Gasteiger charge is -2.28. The fourth-order valence-corrected chi connectivity index (χ4v) is 2.32. The van der Waals surface area contributed by atoms with Crippen LogP contribution in [0.4, 0.5) is 0 Å². The van der Waals surface area contributed by atoms with E-state index in [9.17, 15) is 19.5 Å². The molecule has 168 valence electrons. The summed E-state index contributed by atoms with van der Waals surface area (Å²) < 4.78 is 16.1. The van der Waals surface area contributed by atoms with E-state index in [4.69, 9.17) is 14.2 Å². The minimum Gasteiger partial charge on any atom is -0.463 e. The van der Waals surface area contributed by atoms with Gasteiger partial charge in [0, 0.05) is 20.5 Å². The molecule has 1 amide bonds. The highest BCUT2D eigenvalue weighted by molar-refractivity contribution is 5.89. The van der Waals surface area contributed by atoms with Gasteiger partial charge in [0.1, 0.15) is 12.2 Å². The van der Waals surface area contributed by atoms with E-state index < -0.39 is 23.7 Å². The number of nitrogens with one attached hydrogen (secondary N) is 1. The molecule has 0 aromatic carbocycles. The third-order valence-corrected chi connectivity index (χ3v) is 4.56. The van der Waals surface area contributed by atoms with Crippen LogP contribution in [0.25, 0.3) is 0 Å². The van der Waals surface area contributed by atoms with E-state index in [1.165, 1.54) is 13.0 Å². The highest BCUT2D eigenvalue weighted by Crippen LogP contribution is 2.19. The average Bonchev–Trinajstić information content (AvgIpc) is 2.62. The van der Waals surface area contributed by atoms with Crippen LogP contribution in [-0.4, -0.2) is 66.4 Å². The molecule has 0 spiro atoms. The minimum absolute atomic E-state index is 0.0261. The van der Waals surface area contributed by atoms with E-state index in [1.807, 2.05) is 13.8 Å². The number of amides is 1. The number of aliphatic hydroxyl groups excluding tert-OH is 1. The molecule has 0 aromatic rings. The molecule has 2 N–H and O–H groups in total. The first-order valence-corrected chi connectivity index (χ1v) is 9.80. The first-order valence-electron chi connectivity index (χ1n) is 9.80. The van der Waals surface area contributed by atoms with Crippen molar-refractivity contribution in [3.63, 3.8) is 0 Å². The molecule has 8 heteroatoms. The molecule has 0 aliphatic heterocycles. The van der Waals surface area contributed by atoms with Crippen molar-refractivity contribution in [2.75, 3.05) is 20.3 Å². The Bertz CT molecular complexity index is 569. The summed E-state index contributed by atoms with van der Waals surface area (Å²) in [7, 11) is 1.62. The van der Waals surface area contributed by atoms with Crippen molar-refractivity contribution >= 4 is 17.7 Å². The number of hydrogen-bond donors (Lipinski definition) is 2. The van der Waals surface area contributed by atoms with Crippen molar-refractivity contribution in [1.82, 2.24) is 5.32 Å². The van der Waals surface area contributed by atoms with E-state index in [2.05, 4.69) is 5.32 Å². The van der Waals surface area contributed by atoms with Crippen LogP contribution in [0.1, 0.15) is 60.8 Å². The predicted octanol–water partition coefficient (Wildman–Crippen LogP) is 1.93. The maximum absolute atomic E-state index is 12.4. The molecule has 0 heterocycles. The fourth-order valence-electron chi connectivity index (χ4n) is 2.32. The Morgan fingerprint density at radius 2 is 1.76 bits per heavy atom. The molecular weight excluding hydrogens is 378 g/mol. The summed E-state index contributed by atoms with van der Waals surface area (Å²) >= 11 is 0. The second kappa shape index (κ2) is 12.7. The van der Waals surface area contributed by atoms with E-state index in [-0.39, 0.29) is 36.7 Å². The minimum atomic E-state index is -1.02. The van der Waals surface area contributed by atoms with E-state index in [0.717, 1.165) is 0 Å². The molecule has 0 bridgehead atoms. The Kier molecular flexibility index (Phi) is 11.9. The van der Waals surface area contributed by atoms with Crippen molar-refractivity contribution in [2.24, 2.45) is 0 Å². The standard InChI is InChI=1S/C21H37NO7/c1-8-9-17(24)16(22-15(2)23)14-28-19(26)11-10-18(25)21(5,6)29-13-12-20(3,4)27-7/h8-9,16-17,24H,10-14H2,1-7H3,(H,22,23)/b9-8+. The molecule has 0 aromatic heterocycles. The summed E-state index contributed by atoms with van der Waals surface area (Å²) in [5, 5.41) is 12.5. The monoisotopic (exact) mass is 415 g/mol. The van der Waals surface area contributed by atoms with Gasteiger partial charge < -0.3 is 24.6 Å². The van der Waals surface area contributed by atoms with Gasteiger partial charge in [0.15, 0.2) is 5.78 Å². The average molecular weight is 416 g/mol. The zero-order valence-electron chi connectivity index (χ0n) is 18.7. The van der Waals surface area contributed by atoms with Gasteiger partial charge in [-0.3, -0.25) is 14.4 Å². The molecule has 0 rings (SSSR count). The van der Waals surface area contributed by atoms with Crippen molar-refractivity contribution < 1.29 is 33.7 Å². The second-order valence-electron chi connectivity index (χ2n) is 8.00. The van der Waals surface area contributed by atoms with Crippen LogP contribution >= 0.6 is 0 Å². The van der Waals surface area contributed by atoms with Crippen LogP contribution in [0, 0.1) is 0 Å². The Balaban J connectivity index is 4.48. The van der Waals surface area contributed by atoms with E-state index in [0.29, 0.717) is 13.0 Å². The quantitative estimate of drug-likeness (QED) is 0.329. The predicted molar refractivity (Wildman–Crippen MR) is 109 cm³/mol. The summed E-state index contributed by atoms with van der Waals surface area (Å²) in [6.07, 6.45) is 2.63. The lowest BCUT2D eigenvalue weighted by atomic mass is 9.99. The van der Waals surface area contributed by atoms with Crippen molar-refractivity contribution in [2.45, 2.75) is 84.2 Å². The van der Waals surface area contributed by atoms with Gasteiger partial charge in [-0.2, -0.15) is 0 Å². The number of Topliss-reactive ketones (excluding diaryl/α,β-unsaturated/α-hetero) is 1. The van der Waals surface area contributed by atoms with Gasteiger partial charge in [-0.1, -0.05) is 12.2 Å². The summed E-state index contributed by atoms with van der Waals surface area (Å²) in [4.78, 5) is 35.6. The SMILES string of the molecule is C/C=C/C(O)C(COC(=O)CCC(=O)C(C)(C)OCCC(C)(C)OC)NC(C)=O. The van der Waals surface area contributed by atoms with Crippen LogP contribution in [0.3, 0.4) is 0 Å². The maximum atomic E-state index is 12.4. The molecule has 0 radical (unpaired) electrons. The van der Waals surface area contributed by atoms with Crippen LogP contribution in [0.15, 0.2) is 12.2 Å². The van der Waals surface area contributed by atoms with Gasteiger partial charge in [0.25, 0.3) is 0 Å². The maximum Gasteiger partial charge on any atom is 0.306 e. The molecular formula is C21H37NO7. The van der Waals surface area contributed by atoms with E-state index >= 15 is 0 Å². The number of aliphatic hydroxyl groups is 1. The number of methoxy groups -OCH3 is 1. The number of ether oxygens (including phenoxy) is 3. The molecule has 2 unspecified atom stereocenters. The number of allylic oxidation sites excluding steroid dienone is 1.